The monoisotopic (exact) mass is 359 g/mol. The van der Waals surface area contributed by atoms with Gasteiger partial charge in [0.2, 0.25) is 0 Å². The third-order valence-corrected chi connectivity index (χ3v) is 4.66. The summed E-state index contributed by atoms with van der Waals surface area (Å²) in [6.07, 6.45) is 1.58. The summed E-state index contributed by atoms with van der Waals surface area (Å²) in [5, 5.41) is 0. The Hall–Kier alpha value is -2.47. The molecule has 1 aromatic carbocycles. The smallest absolute Gasteiger partial charge is 0.311 e. The van der Waals surface area contributed by atoms with E-state index in [0.717, 1.165) is 5.56 Å². The van der Waals surface area contributed by atoms with Crippen LogP contribution in [0.3, 0.4) is 0 Å². The van der Waals surface area contributed by atoms with Gasteiger partial charge >= 0.3 is 5.97 Å². The third kappa shape index (κ3) is 3.09. The van der Waals surface area contributed by atoms with E-state index in [-0.39, 0.29) is 36.1 Å². The van der Waals surface area contributed by atoms with Crippen LogP contribution in [0.25, 0.3) is 11.3 Å². The van der Waals surface area contributed by atoms with Crippen molar-refractivity contribution in [1.82, 2.24) is 14.9 Å². The van der Waals surface area contributed by atoms with Crippen LogP contribution in [0.1, 0.15) is 16.2 Å². The van der Waals surface area contributed by atoms with Gasteiger partial charge in [0.05, 0.1) is 23.8 Å². The van der Waals surface area contributed by atoms with E-state index in [2.05, 4.69) is 9.97 Å². The molecule has 7 heteroatoms. The van der Waals surface area contributed by atoms with Crippen molar-refractivity contribution in [2.75, 3.05) is 19.7 Å². The summed E-state index contributed by atoms with van der Waals surface area (Å²) in [5.41, 5.74) is 1.98. The van der Waals surface area contributed by atoms with Gasteiger partial charge in [-0.05, 0) is 6.92 Å². The zero-order valence-electron chi connectivity index (χ0n) is 13.7. The highest BCUT2D eigenvalue weighted by atomic mass is 35.5. The number of esters is 1. The van der Waals surface area contributed by atoms with Crippen molar-refractivity contribution < 1.29 is 14.3 Å². The average molecular weight is 360 g/mol. The molecule has 0 aliphatic carbocycles. The Bertz CT molecular complexity index is 812. The van der Waals surface area contributed by atoms with Crippen LogP contribution in [-0.4, -0.2) is 46.4 Å². The summed E-state index contributed by atoms with van der Waals surface area (Å²) in [4.78, 5) is 35.1. The van der Waals surface area contributed by atoms with Gasteiger partial charge in [-0.15, -0.1) is 12.4 Å². The third-order valence-electron chi connectivity index (χ3n) is 4.66. The summed E-state index contributed by atoms with van der Waals surface area (Å²) in [6.45, 7) is 3.15. The van der Waals surface area contributed by atoms with Crippen molar-refractivity contribution in [3.63, 3.8) is 0 Å². The molecule has 0 radical (unpaired) electrons. The van der Waals surface area contributed by atoms with E-state index in [1.807, 2.05) is 30.3 Å². The summed E-state index contributed by atoms with van der Waals surface area (Å²) in [6, 6.07) is 9.60. The van der Waals surface area contributed by atoms with Gasteiger partial charge in [-0.2, -0.15) is 0 Å². The second-order valence-corrected chi connectivity index (χ2v) is 6.25. The van der Waals surface area contributed by atoms with Gasteiger partial charge in [0, 0.05) is 30.8 Å². The number of fused-ring (bicyclic) bond motifs is 1. The summed E-state index contributed by atoms with van der Waals surface area (Å²) >= 11 is 0. The fourth-order valence-electron chi connectivity index (χ4n) is 3.38. The Kier molecular flexibility index (Phi) is 4.72. The molecule has 130 valence electrons. The number of hydrogen-bond acceptors (Lipinski definition) is 5. The maximum Gasteiger partial charge on any atom is 0.311 e. The van der Waals surface area contributed by atoms with Gasteiger partial charge < -0.3 is 9.64 Å². The van der Waals surface area contributed by atoms with E-state index in [0.29, 0.717) is 36.8 Å². The number of ether oxygens (including phenoxy) is 1. The number of nitrogens with zero attached hydrogens (tertiary/aromatic N) is 3. The van der Waals surface area contributed by atoms with Gasteiger partial charge in [0.15, 0.2) is 0 Å². The van der Waals surface area contributed by atoms with Gasteiger partial charge in [0.1, 0.15) is 5.82 Å². The molecule has 2 aliphatic heterocycles. The van der Waals surface area contributed by atoms with E-state index in [1.54, 1.807) is 18.0 Å². The van der Waals surface area contributed by atoms with Crippen LogP contribution in [0.4, 0.5) is 0 Å². The largest absolute Gasteiger partial charge is 0.465 e. The first-order valence-electron chi connectivity index (χ1n) is 7.98. The molecule has 2 saturated heterocycles. The lowest BCUT2D eigenvalue weighted by molar-refractivity contribution is -0.141. The van der Waals surface area contributed by atoms with Crippen molar-refractivity contribution in [1.29, 1.82) is 0 Å². The maximum atomic E-state index is 13.0. The summed E-state index contributed by atoms with van der Waals surface area (Å²) < 4.78 is 5.06. The molecule has 0 bridgehead atoms. The first-order chi connectivity index (χ1) is 11.6. The quantitative estimate of drug-likeness (QED) is 0.768. The molecule has 1 amide bonds. The van der Waals surface area contributed by atoms with E-state index >= 15 is 0 Å². The number of benzene rings is 1. The molecule has 6 nitrogen and oxygen atoms in total. The number of aromatic nitrogens is 2. The lowest BCUT2D eigenvalue weighted by Gasteiger charge is -2.19. The molecule has 0 N–H and O–H groups in total. The van der Waals surface area contributed by atoms with E-state index < -0.39 is 0 Å². The van der Waals surface area contributed by atoms with Crippen molar-refractivity contribution in [2.24, 2.45) is 11.8 Å². The molecule has 2 atom stereocenters. The molecule has 25 heavy (non-hydrogen) atoms. The minimum atomic E-state index is -0.196. The lowest BCUT2D eigenvalue weighted by Crippen LogP contribution is -2.31. The van der Waals surface area contributed by atoms with Gasteiger partial charge in [-0.1, -0.05) is 30.3 Å². The number of carbonyl (C=O) groups excluding carboxylic acids is 2. The first-order valence-corrected chi connectivity index (χ1v) is 7.98. The fraction of sp³-hybridized carbons (Fsp3) is 0.333. The number of likely N-dealkylation sites (tertiary alicyclic amines) is 1. The number of halogens is 1. The summed E-state index contributed by atoms with van der Waals surface area (Å²) in [5.74, 6) is 0.204. The Balaban J connectivity index is 0.00000182. The zero-order chi connectivity index (χ0) is 16.7. The van der Waals surface area contributed by atoms with Crippen LogP contribution in [0, 0.1) is 18.8 Å². The van der Waals surface area contributed by atoms with Gasteiger partial charge in [-0.25, -0.2) is 9.97 Å². The molecule has 1 aromatic heterocycles. The number of carbonyl (C=O) groups is 2. The highest BCUT2D eigenvalue weighted by molar-refractivity contribution is 6.00. The van der Waals surface area contributed by atoms with Crippen LogP contribution in [0.5, 0.6) is 0 Å². The molecule has 0 spiro atoms. The Labute approximate surface area is 151 Å². The molecule has 2 fully saturated rings. The van der Waals surface area contributed by atoms with Crippen LogP contribution in [0.15, 0.2) is 36.5 Å². The molecule has 3 heterocycles. The van der Waals surface area contributed by atoms with Gasteiger partial charge in [-0.3, -0.25) is 9.59 Å². The SMILES string of the molecule is Cc1ncc(C(=O)N2C[C@@H]3COC(=O)[C@@H]3C2)c(-c2ccccc2)n1.Cl. The summed E-state index contributed by atoms with van der Waals surface area (Å²) in [7, 11) is 0. The van der Waals surface area contributed by atoms with E-state index in [9.17, 15) is 9.59 Å². The number of aryl methyl sites for hydroxylation is 1. The maximum absolute atomic E-state index is 13.0. The molecular formula is C18H18ClN3O3. The molecule has 0 saturated carbocycles. The Morgan fingerprint density at radius 1 is 1.24 bits per heavy atom. The predicted molar refractivity (Wildman–Crippen MR) is 93.3 cm³/mol. The number of hydrogen-bond donors (Lipinski definition) is 0. The average Bonchev–Trinajstić information content (AvgIpc) is 3.17. The number of amides is 1. The molecular weight excluding hydrogens is 342 g/mol. The van der Waals surface area contributed by atoms with E-state index in [4.69, 9.17) is 4.74 Å². The van der Waals surface area contributed by atoms with Gasteiger partial charge in [0.25, 0.3) is 5.91 Å². The Morgan fingerprint density at radius 3 is 2.72 bits per heavy atom. The molecule has 2 aliphatic rings. The normalized spacial score (nSPS) is 21.5. The number of rotatable bonds is 2. The predicted octanol–water partition coefficient (Wildman–Crippen LogP) is 2.12. The highest BCUT2D eigenvalue weighted by Gasteiger charge is 2.45. The minimum Gasteiger partial charge on any atom is -0.465 e. The molecule has 4 rings (SSSR count). The second-order valence-electron chi connectivity index (χ2n) is 6.25. The van der Waals surface area contributed by atoms with Crippen LogP contribution in [-0.2, 0) is 9.53 Å². The van der Waals surface area contributed by atoms with E-state index in [1.165, 1.54) is 0 Å². The van der Waals surface area contributed by atoms with Crippen molar-refractivity contribution in [3.05, 3.63) is 47.9 Å². The first kappa shape index (κ1) is 17.4. The highest BCUT2D eigenvalue weighted by Crippen LogP contribution is 2.32. The van der Waals surface area contributed by atoms with Crippen LogP contribution in [0.2, 0.25) is 0 Å². The zero-order valence-corrected chi connectivity index (χ0v) is 14.5. The molecule has 2 aromatic rings. The minimum absolute atomic E-state index is 0. The second kappa shape index (κ2) is 6.80. The standard InChI is InChI=1S/C18H17N3O3.ClH/c1-11-19-7-14(16(20-11)12-5-3-2-4-6-12)17(22)21-8-13-10-24-18(23)15(13)9-21;/h2-7,13,15H,8-10H2,1H3;1H/t13-,15-;/m1./s1. The number of cyclic esters (lactones) is 1. The Morgan fingerprint density at radius 2 is 2.00 bits per heavy atom. The topological polar surface area (TPSA) is 72.4 Å². The van der Waals surface area contributed by atoms with Crippen LogP contribution >= 0.6 is 12.4 Å². The molecule has 0 unspecified atom stereocenters. The van der Waals surface area contributed by atoms with Crippen molar-refractivity contribution in [2.45, 2.75) is 6.92 Å². The van der Waals surface area contributed by atoms with Crippen molar-refractivity contribution >= 4 is 24.3 Å². The fourth-order valence-corrected chi connectivity index (χ4v) is 3.38. The lowest BCUT2D eigenvalue weighted by atomic mass is 10.0. The van der Waals surface area contributed by atoms with Crippen molar-refractivity contribution in [3.8, 4) is 11.3 Å². The van der Waals surface area contributed by atoms with Crippen LogP contribution < -0.4 is 0 Å².